The average molecular weight is 338 g/mol. The number of fused-ring (bicyclic) bond motifs is 1. The van der Waals surface area contributed by atoms with Gasteiger partial charge >= 0.3 is 0 Å². The number of carbonyl (C=O) groups excluding carboxylic acids is 2. The van der Waals surface area contributed by atoms with Gasteiger partial charge in [0.2, 0.25) is 11.8 Å². The zero-order valence-electron chi connectivity index (χ0n) is 14.1. The van der Waals surface area contributed by atoms with Crippen LogP contribution in [-0.4, -0.2) is 27.6 Å². The molecule has 2 N–H and O–H groups in total. The molecule has 6 nitrogen and oxygen atoms in total. The van der Waals surface area contributed by atoms with Crippen LogP contribution in [-0.2, 0) is 22.6 Å². The molecule has 1 fully saturated rings. The molecule has 2 aromatic rings. The van der Waals surface area contributed by atoms with Gasteiger partial charge in [0.05, 0.1) is 18.8 Å². The molecule has 1 aromatic heterocycles. The van der Waals surface area contributed by atoms with Crippen LogP contribution in [0.1, 0.15) is 48.5 Å². The molecule has 4 rings (SSSR count). The van der Waals surface area contributed by atoms with E-state index in [9.17, 15) is 9.59 Å². The van der Waals surface area contributed by atoms with Gasteiger partial charge in [-0.3, -0.25) is 14.3 Å². The normalized spacial score (nSPS) is 22.3. The van der Waals surface area contributed by atoms with Crippen molar-refractivity contribution in [1.82, 2.24) is 20.4 Å². The molecule has 1 aliphatic carbocycles. The number of nitrogens with one attached hydrogen (secondary N) is 2. The third kappa shape index (κ3) is 3.29. The van der Waals surface area contributed by atoms with E-state index in [0.717, 1.165) is 31.4 Å². The van der Waals surface area contributed by atoms with Crippen molar-refractivity contribution in [3.63, 3.8) is 0 Å². The Morgan fingerprint density at radius 3 is 2.84 bits per heavy atom. The van der Waals surface area contributed by atoms with E-state index >= 15 is 0 Å². The third-order valence-corrected chi connectivity index (χ3v) is 5.07. The summed E-state index contributed by atoms with van der Waals surface area (Å²) in [5.41, 5.74) is 3.53. The number of carbonyl (C=O) groups is 2. The standard InChI is InChI=1S/C19H22N4O2/c24-18-10-9-16(21-18)19(25)22-15-7-4-8-17-14(15)11-20-23(17)12-13-5-2-1-3-6-13/h1-3,5-6,11,15-16H,4,7-10,12H2,(H,21,24)(H,22,25)/t15-,16-/m0/s1. The van der Waals surface area contributed by atoms with Crippen molar-refractivity contribution in [2.24, 2.45) is 0 Å². The number of nitrogens with zero attached hydrogens (tertiary/aromatic N) is 2. The summed E-state index contributed by atoms with van der Waals surface area (Å²) >= 11 is 0. The Balaban J connectivity index is 1.49. The van der Waals surface area contributed by atoms with Crippen molar-refractivity contribution < 1.29 is 9.59 Å². The zero-order valence-corrected chi connectivity index (χ0v) is 14.1. The fourth-order valence-electron chi connectivity index (χ4n) is 3.74. The van der Waals surface area contributed by atoms with E-state index in [0.29, 0.717) is 12.8 Å². The molecular formula is C19H22N4O2. The zero-order chi connectivity index (χ0) is 17.2. The van der Waals surface area contributed by atoms with Gasteiger partial charge < -0.3 is 10.6 Å². The lowest BCUT2D eigenvalue weighted by molar-refractivity contribution is -0.126. The SMILES string of the molecule is O=C1CC[C@@H](C(=O)N[C@H]2CCCc3c2cnn3Cc2ccccc2)N1. The van der Waals surface area contributed by atoms with Gasteiger partial charge in [0, 0.05) is 17.7 Å². The number of hydrogen-bond acceptors (Lipinski definition) is 3. The number of benzene rings is 1. The maximum Gasteiger partial charge on any atom is 0.243 e. The van der Waals surface area contributed by atoms with Crippen LogP contribution in [0, 0.1) is 0 Å². The first-order chi connectivity index (χ1) is 12.2. The van der Waals surface area contributed by atoms with E-state index in [4.69, 9.17) is 0 Å². The summed E-state index contributed by atoms with van der Waals surface area (Å²) in [6.07, 6.45) is 5.82. The first kappa shape index (κ1) is 15.9. The molecular weight excluding hydrogens is 316 g/mol. The molecule has 25 heavy (non-hydrogen) atoms. The summed E-state index contributed by atoms with van der Waals surface area (Å²) in [6, 6.07) is 9.86. The molecule has 1 aliphatic heterocycles. The van der Waals surface area contributed by atoms with Crippen molar-refractivity contribution in [2.45, 2.75) is 50.7 Å². The third-order valence-electron chi connectivity index (χ3n) is 5.07. The maximum atomic E-state index is 12.4. The van der Waals surface area contributed by atoms with Crippen LogP contribution in [0.2, 0.25) is 0 Å². The summed E-state index contributed by atoms with van der Waals surface area (Å²) in [7, 11) is 0. The molecule has 130 valence electrons. The Kier molecular flexibility index (Phi) is 4.26. The first-order valence-electron chi connectivity index (χ1n) is 8.89. The average Bonchev–Trinajstić information content (AvgIpc) is 3.23. The van der Waals surface area contributed by atoms with E-state index in [-0.39, 0.29) is 17.9 Å². The van der Waals surface area contributed by atoms with E-state index < -0.39 is 6.04 Å². The van der Waals surface area contributed by atoms with Crippen LogP contribution < -0.4 is 10.6 Å². The number of aromatic nitrogens is 2. The molecule has 0 radical (unpaired) electrons. The van der Waals surface area contributed by atoms with Gasteiger partial charge in [-0.1, -0.05) is 30.3 Å². The highest BCUT2D eigenvalue weighted by Crippen LogP contribution is 2.30. The smallest absolute Gasteiger partial charge is 0.243 e. The molecule has 6 heteroatoms. The summed E-state index contributed by atoms with van der Waals surface area (Å²) in [6.45, 7) is 0.746. The molecule has 1 saturated heterocycles. The second kappa shape index (κ2) is 6.70. The van der Waals surface area contributed by atoms with Gasteiger partial charge in [-0.2, -0.15) is 5.10 Å². The lowest BCUT2D eigenvalue weighted by atomic mass is 9.92. The highest BCUT2D eigenvalue weighted by molar-refractivity contribution is 5.91. The van der Waals surface area contributed by atoms with E-state index in [1.165, 1.54) is 11.3 Å². The number of amides is 2. The second-order valence-corrected chi connectivity index (χ2v) is 6.80. The lowest BCUT2D eigenvalue weighted by Crippen LogP contribution is -2.43. The molecule has 2 heterocycles. The van der Waals surface area contributed by atoms with Crippen molar-refractivity contribution in [3.8, 4) is 0 Å². The van der Waals surface area contributed by atoms with Crippen molar-refractivity contribution in [2.75, 3.05) is 0 Å². The second-order valence-electron chi connectivity index (χ2n) is 6.80. The summed E-state index contributed by atoms with van der Waals surface area (Å²) in [5, 5.41) is 10.4. The van der Waals surface area contributed by atoms with Crippen molar-refractivity contribution in [3.05, 3.63) is 53.3 Å². The molecule has 2 atom stereocenters. The minimum absolute atomic E-state index is 0.0155. The Labute approximate surface area is 146 Å². The lowest BCUT2D eigenvalue weighted by Gasteiger charge is -2.25. The highest BCUT2D eigenvalue weighted by atomic mass is 16.2. The topological polar surface area (TPSA) is 76.0 Å². The first-order valence-corrected chi connectivity index (χ1v) is 8.89. The van der Waals surface area contributed by atoms with Crippen LogP contribution in [0.5, 0.6) is 0 Å². The van der Waals surface area contributed by atoms with Gasteiger partial charge in [-0.05, 0) is 31.2 Å². The molecule has 0 unspecified atom stereocenters. The Hall–Kier alpha value is -2.63. The van der Waals surface area contributed by atoms with E-state index in [2.05, 4.69) is 27.9 Å². The minimum Gasteiger partial charge on any atom is -0.347 e. The minimum atomic E-state index is -0.391. The van der Waals surface area contributed by atoms with Gasteiger partial charge in [-0.15, -0.1) is 0 Å². The van der Waals surface area contributed by atoms with Crippen LogP contribution >= 0.6 is 0 Å². The van der Waals surface area contributed by atoms with Gasteiger partial charge in [0.1, 0.15) is 6.04 Å². The Bertz CT molecular complexity index is 784. The largest absolute Gasteiger partial charge is 0.347 e. The fraction of sp³-hybridized carbons (Fsp3) is 0.421. The molecule has 1 aromatic carbocycles. The number of hydrogen-bond donors (Lipinski definition) is 2. The quantitative estimate of drug-likeness (QED) is 0.891. The fourth-order valence-corrected chi connectivity index (χ4v) is 3.74. The van der Waals surface area contributed by atoms with Crippen LogP contribution in [0.3, 0.4) is 0 Å². The van der Waals surface area contributed by atoms with Crippen molar-refractivity contribution in [1.29, 1.82) is 0 Å². The maximum absolute atomic E-state index is 12.4. The Morgan fingerprint density at radius 1 is 1.24 bits per heavy atom. The number of rotatable bonds is 4. The van der Waals surface area contributed by atoms with Gasteiger partial charge in [0.25, 0.3) is 0 Å². The molecule has 0 saturated carbocycles. The van der Waals surface area contributed by atoms with Gasteiger partial charge in [-0.25, -0.2) is 0 Å². The summed E-state index contributed by atoms with van der Waals surface area (Å²) < 4.78 is 2.04. The molecule has 0 bridgehead atoms. The van der Waals surface area contributed by atoms with Crippen LogP contribution in [0.4, 0.5) is 0 Å². The molecule has 0 spiro atoms. The van der Waals surface area contributed by atoms with E-state index in [1.54, 1.807) is 0 Å². The highest BCUT2D eigenvalue weighted by Gasteiger charge is 2.31. The Morgan fingerprint density at radius 2 is 2.08 bits per heavy atom. The molecule has 2 aliphatic rings. The van der Waals surface area contributed by atoms with E-state index in [1.807, 2.05) is 29.1 Å². The summed E-state index contributed by atoms with van der Waals surface area (Å²) in [5.74, 6) is -0.125. The molecule has 2 amide bonds. The summed E-state index contributed by atoms with van der Waals surface area (Å²) in [4.78, 5) is 23.7. The van der Waals surface area contributed by atoms with Crippen LogP contribution in [0.15, 0.2) is 36.5 Å². The van der Waals surface area contributed by atoms with Gasteiger partial charge in [0.15, 0.2) is 0 Å². The monoisotopic (exact) mass is 338 g/mol. The predicted molar refractivity (Wildman–Crippen MR) is 92.8 cm³/mol. The van der Waals surface area contributed by atoms with Crippen LogP contribution in [0.25, 0.3) is 0 Å². The predicted octanol–water partition coefficient (Wildman–Crippen LogP) is 1.70. The van der Waals surface area contributed by atoms with Crippen molar-refractivity contribution >= 4 is 11.8 Å².